The van der Waals surface area contributed by atoms with Crippen LogP contribution in [0.4, 0.5) is 11.6 Å². The van der Waals surface area contributed by atoms with E-state index in [-0.39, 0.29) is 0 Å². The van der Waals surface area contributed by atoms with E-state index in [0.717, 1.165) is 12.4 Å². The Morgan fingerprint density at radius 1 is 1.44 bits per heavy atom. The zero-order valence-electron chi connectivity index (χ0n) is 9.85. The highest BCUT2D eigenvalue weighted by Gasteiger charge is 2.25. The summed E-state index contributed by atoms with van der Waals surface area (Å²) in [6.07, 6.45) is 5.93. The topological polar surface area (TPSA) is 67.1 Å². The molecule has 1 aromatic rings. The van der Waals surface area contributed by atoms with Gasteiger partial charge in [-0.25, -0.2) is 10.8 Å². The van der Waals surface area contributed by atoms with Crippen LogP contribution in [0.25, 0.3) is 0 Å². The molecule has 2 heterocycles. The summed E-state index contributed by atoms with van der Waals surface area (Å²) in [5.41, 5.74) is 2.53. The normalized spacial score (nSPS) is 25.6. The number of piperidine rings is 1. The fourth-order valence-corrected chi connectivity index (χ4v) is 2.22. The van der Waals surface area contributed by atoms with Crippen LogP contribution in [0.5, 0.6) is 0 Å². The Morgan fingerprint density at radius 2 is 2.25 bits per heavy atom. The highest BCUT2D eigenvalue weighted by molar-refractivity contribution is 5.44. The molecule has 1 fully saturated rings. The Kier molecular flexibility index (Phi) is 3.24. The number of aromatic nitrogens is 2. The summed E-state index contributed by atoms with van der Waals surface area (Å²) in [5.74, 6) is 7.56. The van der Waals surface area contributed by atoms with Crippen LogP contribution >= 0.6 is 0 Å². The van der Waals surface area contributed by atoms with Crippen molar-refractivity contribution in [3.63, 3.8) is 0 Å². The van der Waals surface area contributed by atoms with Gasteiger partial charge in [-0.05, 0) is 25.7 Å². The minimum Gasteiger partial charge on any atom is -0.352 e. The van der Waals surface area contributed by atoms with Crippen molar-refractivity contribution in [3.05, 3.63) is 12.4 Å². The zero-order chi connectivity index (χ0) is 11.5. The van der Waals surface area contributed by atoms with E-state index in [1.165, 1.54) is 12.8 Å². The van der Waals surface area contributed by atoms with Crippen molar-refractivity contribution in [2.45, 2.75) is 32.7 Å². The Bertz CT molecular complexity index is 354. The molecule has 5 nitrogen and oxygen atoms in total. The van der Waals surface area contributed by atoms with Gasteiger partial charge in [0.05, 0.1) is 12.4 Å². The lowest BCUT2D eigenvalue weighted by Gasteiger charge is -2.38. The number of hydrogen-bond acceptors (Lipinski definition) is 5. The summed E-state index contributed by atoms with van der Waals surface area (Å²) in [6, 6.07) is 0.510. The van der Waals surface area contributed by atoms with Gasteiger partial charge in [-0.1, -0.05) is 6.92 Å². The first kappa shape index (κ1) is 11.1. The van der Waals surface area contributed by atoms with E-state index in [2.05, 4.69) is 34.1 Å². The van der Waals surface area contributed by atoms with Crippen LogP contribution in [0.3, 0.4) is 0 Å². The van der Waals surface area contributed by atoms with E-state index in [1.54, 1.807) is 12.4 Å². The molecule has 0 aliphatic carbocycles. The van der Waals surface area contributed by atoms with Gasteiger partial charge >= 0.3 is 0 Å². The first-order chi connectivity index (χ1) is 7.72. The minimum atomic E-state index is 0.510. The molecule has 0 amide bonds. The fourth-order valence-electron chi connectivity index (χ4n) is 2.22. The quantitative estimate of drug-likeness (QED) is 0.583. The van der Waals surface area contributed by atoms with E-state index in [1.807, 2.05) is 0 Å². The van der Waals surface area contributed by atoms with Crippen LogP contribution in [-0.2, 0) is 0 Å². The SMILES string of the molecule is CC1CCCN(c2cncc(NN)n2)C1C. The first-order valence-electron chi connectivity index (χ1n) is 5.77. The molecule has 2 rings (SSSR count). The molecule has 0 saturated carbocycles. The monoisotopic (exact) mass is 221 g/mol. The van der Waals surface area contributed by atoms with Crippen molar-refractivity contribution in [2.24, 2.45) is 11.8 Å². The highest BCUT2D eigenvalue weighted by Crippen LogP contribution is 2.27. The number of anilines is 2. The number of nitrogens with two attached hydrogens (primary N) is 1. The number of rotatable bonds is 2. The number of nitrogen functional groups attached to an aromatic ring is 1. The van der Waals surface area contributed by atoms with E-state index in [4.69, 9.17) is 5.84 Å². The van der Waals surface area contributed by atoms with Gasteiger partial charge in [0, 0.05) is 12.6 Å². The van der Waals surface area contributed by atoms with Crippen molar-refractivity contribution in [1.29, 1.82) is 0 Å². The molecule has 1 aliphatic heterocycles. The lowest BCUT2D eigenvalue weighted by atomic mass is 9.92. The van der Waals surface area contributed by atoms with Crippen molar-refractivity contribution >= 4 is 11.6 Å². The molecule has 2 unspecified atom stereocenters. The van der Waals surface area contributed by atoms with Crippen molar-refractivity contribution in [3.8, 4) is 0 Å². The van der Waals surface area contributed by atoms with Gasteiger partial charge in [0.25, 0.3) is 0 Å². The predicted octanol–water partition coefficient (Wildman–Crippen LogP) is 1.39. The summed E-state index contributed by atoms with van der Waals surface area (Å²) in [4.78, 5) is 10.9. The maximum atomic E-state index is 5.34. The minimum absolute atomic E-state index is 0.510. The van der Waals surface area contributed by atoms with Gasteiger partial charge in [-0.3, -0.25) is 4.98 Å². The third kappa shape index (κ3) is 2.09. The lowest BCUT2D eigenvalue weighted by Crippen LogP contribution is -2.43. The molecule has 1 saturated heterocycles. The smallest absolute Gasteiger partial charge is 0.160 e. The van der Waals surface area contributed by atoms with Crippen LogP contribution in [0.15, 0.2) is 12.4 Å². The van der Waals surface area contributed by atoms with Crippen molar-refractivity contribution < 1.29 is 0 Å². The second-order valence-corrected chi connectivity index (χ2v) is 4.46. The Hall–Kier alpha value is -1.36. The third-order valence-corrected chi connectivity index (χ3v) is 3.44. The molecule has 0 bridgehead atoms. The summed E-state index contributed by atoms with van der Waals surface area (Å²) in [7, 11) is 0. The predicted molar refractivity (Wildman–Crippen MR) is 65.0 cm³/mol. The molecule has 2 atom stereocenters. The number of hydrogen-bond donors (Lipinski definition) is 2. The van der Waals surface area contributed by atoms with E-state index < -0.39 is 0 Å². The van der Waals surface area contributed by atoms with E-state index in [0.29, 0.717) is 17.8 Å². The average molecular weight is 221 g/mol. The van der Waals surface area contributed by atoms with Crippen LogP contribution in [0, 0.1) is 5.92 Å². The molecule has 88 valence electrons. The van der Waals surface area contributed by atoms with Gasteiger partial charge in [0.1, 0.15) is 5.82 Å². The van der Waals surface area contributed by atoms with Crippen LogP contribution in [-0.4, -0.2) is 22.6 Å². The Labute approximate surface area is 96.0 Å². The molecule has 16 heavy (non-hydrogen) atoms. The van der Waals surface area contributed by atoms with Crippen molar-refractivity contribution in [2.75, 3.05) is 16.9 Å². The number of hydrazine groups is 1. The van der Waals surface area contributed by atoms with E-state index >= 15 is 0 Å². The number of nitrogens with one attached hydrogen (secondary N) is 1. The molecule has 1 aromatic heterocycles. The molecule has 0 radical (unpaired) electrons. The molecular formula is C11H19N5. The van der Waals surface area contributed by atoms with E-state index in [9.17, 15) is 0 Å². The fraction of sp³-hybridized carbons (Fsp3) is 0.636. The molecular weight excluding hydrogens is 202 g/mol. The van der Waals surface area contributed by atoms with Gasteiger partial charge in [-0.2, -0.15) is 0 Å². The van der Waals surface area contributed by atoms with Gasteiger partial charge in [0.2, 0.25) is 0 Å². The Morgan fingerprint density at radius 3 is 3.00 bits per heavy atom. The average Bonchev–Trinajstić information content (AvgIpc) is 2.33. The van der Waals surface area contributed by atoms with Gasteiger partial charge < -0.3 is 10.3 Å². The third-order valence-electron chi connectivity index (χ3n) is 3.44. The second kappa shape index (κ2) is 4.65. The number of nitrogens with zero attached hydrogens (tertiary/aromatic N) is 3. The molecule has 3 N–H and O–H groups in total. The summed E-state index contributed by atoms with van der Waals surface area (Å²) < 4.78 is 0. The summed E-state index contributed by atoms with van der Waals surface area (Å²) >= 11 is 0. The zero-order valence-corrected chi connectivity index (χ0v) is 9.85. The highest BCUT2D eigenvalue weighted by atomic mass is 15.3. The summed E-state index contributed by atoms with van der Waals surface area (Å²) in [6.45, 7) is 5.58. The van der Waals surface area contributed by atoms with Gasteiger partial charge in [0.15, 0.2) is 5.82 Å². The standard InChI is InChI=1S/C11H19N5/c1-8-4-3-5-16(9(8)2)11-7-13-6-10(14-11)15-12/h6-9H,3-5,12H2,1-2H3,(H,14,15). The van der Waals surface area contributed by atoms with Crippen LogP contribution in [0.1, 0.15) is 26.7 Å². The van der Waals surface area contributed by atoms with Crippen LogP contribution < -0.4 is 16.2 Å². The van der Waals surface area contributed by atoms with Crippen molar-refractivity contribution in [1.82, 2.24) is 9.97 Å². The molecule has 5 heteroatoms. The first-order valence-corrected chi connectivity index (χ1v) is 5.77. The largest absolute Gasteiger partial charge is 0.352 e. The van der Waals surface area contributed by atoms with Crippen LogP contribution in [0.2, 0.25) is 0 Å². The Balaban J connectivity index is 2.21. The summed E-state index contributed by atoms with van der Waals surface area (Å²) in [5, 5.41) is 0. The second-order valence-electron chi connectivity index (χ2n) is 4.46. The molecule has 0 spiro atoms. The molecule has 0 aromatic carbocycles. The van der Waals surface area contributed by atoms with Gasteiger partial charge in [-0.15, -0.1) is 0 Å². The lowest BCUT2D eigenvalue weighted by molar-refractivity contribution is 0.361. The maximum Gasteiger partial charge on any atom is 0.160 e. The molecule has 1 aliphatic rings. The maximum absolute atomic E-state index is 5.34.